The Labute approximate surface area is 146 Å². The summed E-state index contributed by atoms with van der Waals surface area (Å²) in [7, 11) is 1.63. The molecule has 0 saturated heterocycles. The van der Waals surface area contributed by atoms with E-state index in [4.69, 9.17) is 4.74 Å². The van der Waals surface area contributed by atoms with Crippen LogP contribution >= 0.6 is 0 Å². The van der Waals surface area contributed by atoms with Crippen LogP contribution in [0.4, 0.5) is 0 Å². The van der Waals surface area contributed by atoms with Crippen LogP contribution in [0.5, 0.6) is 5.75 Å². The van der Waals surface area contributed by atoms with Gasteiger partial charge in [-0.15, -0.1) is 5.10 Å². The molecule has 1 aromatic carbocycles. The molecule has 3 aromatic rings. The smallest absolute Gasteiger partial charge is 0.291 e. The van der Waals surface area contributed by atoms with E-state index in [1.165, 1.54) is 0 Å². The summed E-state index contributed by atoms with van der Waals surface area (Å²) >= 11 is 0. The first-order valence-corrected chi connectivity index (χ1v) is 8.13. The van der Waals surface area contributed by atoms with Crippen LogP contribution in [0.15, 0.2) is 36.5 Å². The molecule has 0 bridgehead atoms. The number of nitrogens with one attached hydrogen (secondary N) is 1. The number of carbonyl (C=O) groups is 1. The lowest BCUT2D eigenvalue weighted by atomic mass is 9.96. The Morgan fingerprint density at radius 3 is 2.52 bits per heavy atom. The second kappa shape index (κ2) is 6.88. The average molecular weight is 339 g/mol. The molecule has 1 N–H and O–H groups in total. The van der Waals surface area contributed by atoms with Gasteiger partial charge < -0.3 is 10.1 Å². The Balaban J connectivity index is 1.85. The van der Waals surface area contributed by atoms with E-state index in [2.05, 4.69) is 34.2 Å². The monoisotopic (exact) mass is 339 g/mol. The summed E-state index contributed by atoms with van der Waals surface area (Å²) in [5, 5.41) is 7.28. The highest BCUT2D eigenvalue weighted by Crippen LogP contribution is 2.24. The van der Waals surface area contributed by atoms with Crippen molar-refractivity contribution in [2.75, 3.05) is 7.11 Å². The van der Waals surface area contributed by atoms with Crippen molar-refractivity contribution in [3.8, 4) is 5.75 Å². The number of aryl methyl sites for hydroxylation is 1. The molecule has 0 unspecified atom stereocenters. The van der Waals surface area contributed by atoms with Crippen molar-refractivity contribution in [2.45, 2.75) is 26.8 Å². The van der Waals surface area contributed by atoms with E-state index in [1.54, 1.807) is 17.8 Å². The van der Waals surface area contributed by atoms with Crippen LogP contribution in [0, 0.1) is 12.8 Å². The topological polar surface area (TPSA) is 81.4 Å². The van der Waals surface area contributed by atoms with Gasteiger partial charge in [-0.1, -0.05) is 26.0 Å². The number of rotatable bonds is 5. The van der Waals surface area contributed by atoms with Crippen molar-refractivity contribution < 1.29 is 9.53 Å². The standard InChI is InChI=1S/C18H21N5O2/c1-11(2)15(13-5-7-14(25-4)8-6-13)20-17(24)16-21-18-19-10-9-12(3)23(18)22-16/h5-11,15H,1-4H3,(H,20,24)/t15-/m1/s1. The minimum absolute atomic E-state index is 0.112. The minimum Gasteiger partial charge on any atom is -0.497 e. The first-order chi connectivity index (χ1) is 12.0. The van der Waals surface area contributed by atoms with Gasteiger partial charge in [-0.3, -0.25) is 4.79 Å². The molecule has 1 atom stereocenters. The normalized spacial score (nSPS) is 12.4. The summed E-state index contributed by atoms with van der Waals surface area (Å²) < 4.78 is 6.75. The largest absolute Gasteiger partial charge is 0.497 e. The zero-order valence-corrected chi connectivity index (χ0v) is 14.7. The summed E-state index contributed by atoms with van der Waals surface area (Å²) in [6, 6.07) is 9.33. The Morgan fingerprint density at radius 2 is 1.92 bits per heavy atom. The lowest BCUT2D eigenvalue weighted by Gasteiger charge is -2.22. The van der Waals surface area contributed by atoms with Gasteiger partial charge >= 0.3 is 0 Å². The molecule has 0 radical (unpaired) electrons. The van der Waals surface area contributed by atoms with Gasteiger partial charge in [0.15, 0.2) is 0 Å². The van der Waals surface area contributed by atoms with Gasteiger partial charge in [0.1, 0.15) is 5.75 Å². The van der Waals surface area contributed by atoms with Gasteiger partial charge in [-0.25, -0.2) is 9.50 Å². The summed E-state index contributed by atoms with van der Waals surface area (Å²) in [6.45, 7) is 6.00. The van der Waals surface area contributed by atoms with E-state index < -0.39 is 0 Å². The second-order valence-electron chi connectivity index (χ2n) is 6.20. The summed E-state index contributed by atoms with van der Waals surface area (Å²) in [5.74, 6) is 1.19. The van der Waals surface area contributed by atoms with E-state index in [-0.39, 0.29) is 23.7 Å². The van der Waals surface area contributed by atoms with Gasteiger partial charge in [-0.2, -0.15) is 4.98 Å². The predicted octanol–water partition coefficient (Wildman–Crippen LogP) is 2.57. The number of fused-ring (bicyclic) bond motifs is 1. The van der Waals surface area contributed by atoms with Gasteiger partial charge in [0.25, 0.3) is 11.7 Å². The van der Waals surface area contributed by atoms with Crippen molar-refractivity contribution >= 4 is 11.7 Å². The number of benzene rings is 1. The third kappa shape index (κ3) is 3.45. The van der Waals surface area contributed by atoms with E-state index in [0.717, 1.165) is 17.0 Å². The minimum atomic E-state index is -0.320. The molecular formula is C18H21N5O2. The SMILES string of the molecule is COc1ccc([C@H](NC(=O)c2nc3nccc(C)n3n2)C(C)C)cc1. The van der Waals surface area contributed by atoms with Crippen LogP contribution in [0.3, 0.4) is 0 Å². The molecule has 2 aromatic heterocycles. The van der Waals surface area contributed by atoms with Crippen LogP contribution in [-0.2, 0) is 0 Å². The number of ether oxygens (including phenoxy) is 1. The van der Waals surface area contributed by atoms with Crippen LogP contribution in [0.2, 0.25) is 0 Å². The van der Waals surface area contributed by atoms with E-state index >= 15 is 0 Å². The molecule has 2 heterocycles. The van der Waals surface area contributed by atoms with Gasteiger partial charge in [0.2, 0.25) is 5.82 Å². The van der Waals surface area contributed by atoms with Crippen molar-refractivity contribution in [1.82, 2.24) is 24.9 Å². The van der Waals surface area contributed by atoms with Crippen molar-refractivity contribution in [3.05, 3.63) is 53.6 Å². The van der Waals surface area contributed by atoms with Crippen molar-refractivity contribution in [2.24, 2.45) is 5.92 Å². The lowest BCUT2D eigenvalue weighted by molar-refractivity contribution is 0.0915. The van der Waals surface area contributed by atoms with Crippen LogP contribution in [0.25, 0.3) is 5.78 Å². The maximum absolute atomic E-state index is 12.6. The first-order valence-electron chi connectivity index (χ1n) is 8.13. The molecule has 130 valence electrons. The molecule has 0 aliphatic carbocycles. The molecular weight excluding hydrogens is 318 g/mol. The first kappa shape index (κ1) is 16.9. The Morgan fingerprint density at radius 1 is 1.20 bits per heavy atom. The fraction of sp³-hybridized carbons (Fsp3) is 0.333. The highest BCUT2D eigenvalue weighted by atomic mass is 16.5. The van der Waals surface area contributed by atoms with Gasteiger partial charge in [0, 0.05) is 11.9 Å². The zero-order valence-electron chi connectivity index (χ0n) is 14.7. The maximum atomic E-state index is 12.6. The summed E-state index contributed by atoms with van der Waals surface area (Å²) in [4.78, 5) is 21.0. The highest BCUT2D eigenvalue weighted by Gasteiger charge is 2.22. The molecule has 7 nitrogen and oxygen atoms in total. The summed E-state index contributed by atoms with van der Waals surface area (Å²) in [6.07, 6.45) is 1.65. The number of carbonyl (C=O) groups excluding carboxylic acids is 1. The molecule has 25 heavy (non-hydrogen) atoms. The fourth-order valence-electron chi connectivity index (χ4n) is 2.65. The quantitative estimate of drug-likeness (QED) is 0.772. The van der Waals surface area contributed by atoms with Crippen molar-refractivity contribution in [3.63, 3.8) is 0 Å². The third-order valence-electron chi connectivity index (χ3n) is 4.06. The number of amides is 1. The number of hydrogen-bond acceptors (Lipinski definition) is 5. The molecule has 1 amide bonds. The second-order valence-corrected chi connectivity index (χ2v) is 6.20. The van der Waals surface area contributed by atoms with Crippen LogP contribution < -0.4 is 10.1 Å². The van der Waals surface area contributed by atoms with Gasteiger partial charge in [0.05, 0.1) is 13.2 Å². The maximum Gasteiger partial charge on any atom is 0.291 e. The van der Waals surface area contributed by atoms with E-state index in [1.807, 2.05) is 37.3 Å². The predicted molar refractivity (Wildman–Crippen MR) is 93.6 cm³/mol. The number of nitrogens with zero attached hydrogens (tertiary/aromatic N) is 4. The Bertz CT molecular complexity index is 886. The number of methoxy groups -OCH3 is 1. The Kier molecular flexibility index (Phi) is 4.65. The molecule has 7 heteroatoms. The number of hydrogen-bond donors (Lipinski definition) is 1. The summed E-state index contributed by atoms with van der Waals surface area (Å²) in [5.41, 5.74) is 1.87. The number of aromatic nitrogens is 4. The fourth-order valence-corrected chi connectivity index (χ4v) is 2.65. The average Bonchev–Trinajstić information content (AvgIpc) is 3.05. The third-order valence-corrected chi connectivity index (χ3v) is 4.06. The van der Waals surface area contributed by atoms with Crippen LogP contribution in [0.1, 0.15) is 41.8 Å². The zero-order chi connectivity index (χ0) is 18.0. The molecule has 0 saturated carbocycles. The highest BCUT2D eigenvalue weighted by molar-refractivity contribution is 5.91. The van der Waals surface area contributed by atoms with Crippen molar-refractivity contribution in [1.29, 1.82) is 0 Å². The molecule has 0 aliphatic rings. The lowest BCUT2D eigenvalue weighted by Crippen LogP contribution is -2.32. The van der Waals surface area contributed by atoms with Gasteiger partial charge in [-0.05, 0) is 36.6 Å². The van der Waals surface area contributed by atoms with Crippen LogP contribution in [-0.4, -0.2) is 32.6 Å². The molecule has 0 fully saturated rings. The molecule has 3 rings (SSSR count). The van der Waals surface area contributed by atoms with E-state index in [0.29, 0.717) is 5.78 Å². The molecule has 0 spiro atoms. The Hall–Kier alpha value is -2.96. The molecule has 0 aliphatic heterocycles. The van der Waals surface area contributed by atoms with E-state index in [9.17, 15) is 4.79 Å².